The third-order valence-corrected chi connectivity index (χ3v) is 4.89. The van der Waals surface area contributed by atoms with Gasteiger partial charge in [0.15, 0.2) is 0 Å². The van der Waals surface area contributed by atoms with Crippen LogP contribution >= 0.6 is 11.6 Å². The van der Waals surface area contributed by atoms with Gasteiger partial charge in [-0.2, -0.15) is 0 Å². The highest BCUT2D eigenvalue weighted by Gasteiger charge is 2.24. The van der Waals surface area contributed by atoms with Gasteiger partial charge in [0.1, 0.15) is 17.8 Å². The van der Waals surface area contributed by atoms with E-state index in [1.165, 1.54) is 0 Å². The van der Waals surface area contributed by atoms with Crippen LogP contribution in [0.25, 0.3) is 11.0 Å². The summed E-state index contributed by atoms with van der Waals surface area (Å²) in [5.74, 6) is 0.953. The van der Waals surface area contributed by atoms with E-state index in [4.69, 9.17) is 17.3 Å². The molecule has 8 heteroatoms. The summed E-state index contributed by atoms with van der Waals surface area (Å²) in [4.78, 5) is 26.0. The van der Waals surface area contributed by atoms with Crippen molar-refractivity contribution in [1.29, 1.82) is 0 Å². The van der Waals surface area contributed by atoms with Crippen LogP contribution in [-0.4, -0.2) is 46.5 Å². The van der Waals surface area contributed by atoms with Gasteiger partial charge in [-0.25, -0.2) is 9.97 Å². The minimum absolute atomic E-state index is 0.122. The Bertz CT molecular complexity index is 718. The van der Waals surface area contributed by atoms with Gasteiger partial charge in [-0.05, 0) is 32.2 Å². The normalized spacial score (nSPS) is 17.8. The number of hydrogen-bond acceptors (Lipinski definition) is 5. The van der Waals surface area contributed by atoms with E-state index < -0.39 is 0 Å². The second-order valence-electron chi connectivity index (χ2n) is 6.51. The zero-order valence-corrected chi connectivity index (χ0v) is 15.1. The molecule has 0 bridgehead atoms. The third kappa shape index (κ3) is 4.41. The molecule has 2 aromatic heterocycles. The molecule has 1 amide bonds. The van der Waals surface area contributed by atoms with E-state index in [2.05, 4.69) is 25.2 Å². The SMILES string of the molecule is NCCCCCC(=O)N[C@@H]1CCCN(c2ncnc3[nH]cc(Cl)c23)C1. The molecule has 25 heavy (non-hydrogen) atoms. The first-order valence-electron chi connectivity index (χ1n) is 8.91. The van der Waals surface area contributed by atoms with E-state index in [0.29, 0.717) is 18.0 Å². The number of piperidine rings is 1. The second-order valence-corrected chi connectivity index (χ2v) is 6.92. The van der Waals surface area contributed by atoms with E-state index in [1.54, 1.807) is 12.5 Å². The Hall–Kier alpha value is -1.86. The van der Waals surface area contributed by atoms with Gasteiger partial charge >= 0.3 is 0 Å². The first-order chi connectivity index (χ1) is 12.2. The molecule has 1 aliphatic rings. The van der Waals surface area contributed by atoms with Crippen molar-refractivity contribution in [3.05, 3.63) is 17.5 Å². The number of carbonyl (C=O) groups is 1. The molecule has 136 valence electrons. The number of halogens is 1. The van der Waals surface area contributed by atoms with Crippen LogP contribution in [0.3, 0.4) is 0 Å². The summed E-state index contributed by atoms with van der Waals surface area (Å²) in [7, 11) is 0. The van der Waals surface area contributed by atoms with Gasteiger partial charge < -0.3 is 20.9 Å². The fourth-order valence-electron chi connectivity index (χ4n) is 3.34. The summed E-state index contributed by atoms with van der Waals surface area (Å²) < 4.78 is 0. The van der Waals surface area contributed by atoms with Crippen LogP contribution in [0, 0.1) is 0 Å². The number of unbranched alkanes of at least 4 members (excludes halogenated alkanes) is 2. The van der Waals surface area contributed by atoms with Crippen LogP contribution in [0.2, 0.25) is 5.02 Å². The highest BCUT2D eigenvalue weighted by Crippen LogP contribution is 2.31. The quantitative estimate of drug-likeness (QED) is 0.654. The maximum Gasteiger partial charge on any atom is 0.220 e. The number of nitrogens with one attached hydrogen (secondary N) is 2. The van der Waals surface area contributed by atoms with Gasteiger partial charge in [0.05, 0.1) is 10.4 Å². The molecular formula is C17H25ClN6O. The van der Waals surface area contributed by atoms with Crippen molar-refractivity contribution in [2.45, 2.75) is 44.6 Å². The Labute approximate surface area is 152 Å². The van der Waals surface area contributed by atoms with E-state index >= 15 is 0 Å². The maximum atomic E-state index is 12.1. The van der Waals surface area contributed by atoms with Crippen LogP contribution in [0.4, 0.5) is 5.82 Å². The number of rotatable bonds is 7. The zero-order valence-electron chi connectivity index (χ0n) is 14.3. The molecule has 0 aromatic carbocycles. The monoisotopic (exact) mass is 364 g/mol. The molecule has 3 rings (SSSR count). The number of anilines is 1. The standard InChI is InChI=1S/C17H25ClN6O/c18-13-9-20-16-15(13)17(22-11-21-16)24-8-4-5-12(10-24)23-14(25)6-2-1-3-7-19/h9,11-12H,1-8,10,19H2,(H,23,25)(H,20,21,22)/t12-/m1/s1. The summed E-state index contributed by atoms with van der Waals surface area (Å²) in [6, 6.07) is 0.137. The molecule has 4 N–H and O–H groups in total. The molecule has 1 atom stereocenters. The fraction of sp³-hybridized carbons (Fsp3) is 0.588. The van der Waals surface area contributed by atoms with Crippen molar-refractivity contribution in [1.82, 2.24) is 20.3 Å². The van der Waals surface area contributed by atoms with Gasteiger partial charge in [0.25, 0.3) is 0 Å². The maximum absolute atomic E-state index is 12.1. The van der Waals surface area contributed by atoms with Gasteiger partial charge in [-0.1, -0.05) is 18.0 Å². The Kier molecular flexibility index (Phi) is 6.09. The predicted molar refractivity (Wildman–Crippen MR) is 99.8 cm³/mol. The lowest BCUT2D eigenvalue weighted by atomic mass is 10.0. The number of hydrogen-bond donors (Lipinski definition) is 3. The number of aromatic nitrogens is 3. The number of H-pyrrole nitrogens is 1. The van der Waals surface area contributed by atoms with Crippen molar-refractivity contribution in [2.75, 3.05) is 24.5 Å². The highest BCUT2D eigenvalue weighted by molar-refractivity contribution is 6.36. The molecule has 7 nitrogen and oxygen atoms in total. The Balaban J connectivity index is 1.61. The van der Waals surface area contributed by atoms with Crippen molar-refractivity contribution < 1.29 is 4.79 Å². The van der Waals surface area contributed by atoms with Crippen LogP contribution < -0.4 is 16.0 Å². The molecule has 0 unspecified atom stereocenters. The molecule has 0 radical (unpaired) electrons. The van der Waals surface area contributed by atoms with Crippen molar-refractivity contribution in [3.63, 3.8) is 0 Å². The van der Waals surface area contributed by atoms with E-state index in [1.807, 2.05) is 0 Å². The highest BCUT2D eigenvalue weighted by atomic mass is 35.5. The molecular weight excluding hydrogens is 340 g/mol. The van der Waals surface area contributed by atoms with Crippen LogP contribution in [-0.2, 0) is 4.79 Å². The van der Waals surface area contributed by atoms with Crippen molar-refractivity contribution in [2.24, 2.45) is 5.73 Å². The van der Waals surface area contributed by atoms with E-state index in [-0.39, 0.29) is 11.9 Å². The van der Waals surface area contributed by atoms with Gasteiger partial charge in [0, 0.05) is 31.7 Å². The molecule has 1 fully saturated rings. The average molecular weight is 365 g/mol. The lowest BCUT2D eigenvalue weighted by Crippen LogP contribution is -2.48. The predicted octanol–water partition coefficient (Wildman–Crippen LogP) is 2.22. The Morgan fingerprint density at radius 3 is 3.12 bits per heavy atom. The molecule has 0 saturated carbocycles. The molecule has 1 saturated heterocycles. The van der Waals surface area contributed by atoms with Crippen LogP contribution in [0.5, 0.6) is 0 Å². The third-order valence-electron chi connectivity index (χ3n) is 4.60. The smallest absolute Gasteiger partial charge is 0.220 e. The Morgan fingerprint density at radius 1 is 1.40 bits per heavy atom. The first-order valence-corrected chi connectivity index (χ1v) is 9.29. The largest absolute Gasteiger partial charge is 0.354 e. The summed E-state index contributed by atoms with van der Waals surface area (Å²) in [5.41, 5.74) is 6.22. The lowest BCUT2D eigenvalue weighted by Gasteiger charge is -2.34. The first kappa shape index (κ1) is 17.9. The van der Waals surface area contributed by atoms with Crippen molar-refractivity contribution in [3.8, 4) is 0 Å². The van der Waals surface area contributed by atoms with Crippen LogP contribution in [0.15, 0.2) is 12.5 Å². The number of amides is 1. The summed E-state index contributed by atoms with van der Waals surface area (Å²) in [6.07, 6.45) is 8.71. The summed E-state index contributed by atoms with van der Waals surface area (Å²) in [5, 5.41) is 4.62. The molecule has 2 aromatic rings. The fourth-order valence-corrected chi connectivity index (χ4v) is 3.57. The average Bonchev–Trinajstić information content (AvgIpc) is 3.00. The minimum atomic E-state index is 0.122. The molecule has 1 aliphatic heterocycles. The van der Waals surface area contributed by atoms with E-state index in [9.17, 15) is 4.79 Å². The number of fused-ring (bicyclic) bond motifs is 1. The second kappa shape index (κ2) is 8.49. The van der Waals surface area contributed by atoms with Gasteiger partial charge in [-0.15, -0.1) is 0 Å². The Morgan fingerprint density at radius 2 is 2.28 bits per heavy atom. The number of carbonyl (C=O) groups excluding carboxylic acids is 1. The van der Waals surface area contributed by atoms with Crippen molar-refractivity contribution >= 4 is 34.4 Å². The topological polar surface area (TPSA) is 99.9 Å². The minimum Gasteiger partial charge on any atom is -0.354 e. The molecule has 0 spiro atoms. The summed E-state index contributed by atoms with van der Waals surface area (Å²) in [6.45, 7) is 2.33. The molecule has 3 heterocycles. The number of nitrogens with zero attached hydrogens (tertiary/aromatic N) is 3. The number of aromatic amines is 1. The molecule has 0 aliphatic carbocycles. The van der Waals surface area contributed by atoms with Crippen LogP contribution in [0.1, 0.15) is 38.5 Å². The lowest BCUT2D eigenvalue weighted by molar-refractivity contribution is -0.122. The van der Waals surface area contributed by atoms with Gasteiger partial charge in [0.2, 0.25) is 5.91 Å². The zero-order chi connectivity index (χ0) is 17.6. The van der Waals surface area contributed by atoms with E-state index in [0.717, 1.165) is 62.0 Å². The summed E-state index contributed by atoms with van der Waals surface area (Å²) >= 11 is 6.28. The number of nitrogens with two attached hydrogens (primary N) is 1. The van der Waals surface area contributed by atoms with Gasteiger partial charge in [-0.3, -0.25) is 4.79 Å².